The van der Waals surface area contributed by atoms with Crippen LogP contribution in [-0.2, 0) is 0 Å². The Morgan fingerprint density at radius 2 is 1.64 bits per heavy atom. The van der Waals surface area contributed by atoms with Crippen molar-refractivity contribution >= 4 is 0 Å². The van der Waals surface area contributed by atoms with Gasteiger partial charge in [-0.3, -0.25) is 0 Å². The van der Waals surface area contributed by atoms with Crippen LogP contribution < -0.4 is 10.6 Å². The number of rotatable bonds is 8. The molecule has 0 spiro atoms. The minimum atomic E-state index is 0.415. The fourth-order valence-electron chi connectivity index (χ4n) is 1.13. The molecule has 14 heavy (non-hydrogen) atoms. The van der Waals surface area contributed by atoms with Crippen LogP contribution in [0.4, 0.5) is 0 Å². The van der Waals surface area contributed by atoms with Crippen molar-refractivity contribution in [3.63, 3.8) is 0 Å². The predicted octanol–water partition coefficient (Wildman–Crippen LogP) is 2.26. The van der Waals surface area contributed by atoms with Crippen LogP contribution in [0.15, 0.2) is 0 Å². The van der Waals surface area contributed by atoms with E-state index in [4.69, 9.17) is 0 Å². The molecule has 0 saturated heterocycles. The van der Waals surface area contributed by atoms with Crippen LogP contribution in [0.3, 0.4) is 0 Å². The molecule has 0 aliphatic carbocycles. The lowest BCUT2D eigenvalue weighted by atomic mass is 9.81. The summed E-state index contributed by atoms with van der Waals surface area (Å²) in [5, 5.41) is 6.85. The molecule has 2 heteroatoms. The summed E-state index contributed by atoms with van der Waals surface area (Å²) >= 11 is 0. The van der Waals surface area contributed by atoms with Gasteiger partial charge in [-0.05, 0) is 37.4 Å². The third-order valence-corrected chi connectivity index (χ3v) is 3.10. The molecule has 0 rings (SSSR count). The first-order valence-electron chi connectivity index (χ1n) is 5.92. The van der Waals surface area contributed by atoms with Crippen molar-refractivity contribution in [1.29, 1.82) is 0 Å². The van der Waals surface area contributed by atoms with Gasteiger partial charge in [-0.1, -0.05) is 34.6 Å². The van der Waals surface area contributed by atoms with E-state index < -0.39 is 0 Å². The van der Waals surface area contributed by atoms with E-state index in [0.717, 1.165) is 32.1 Å². The van der Waals surface area contributed by atoms with Gasteiger partial charge in [0.05, 0.1) is 0 Å². The van der Waals surface area contributed by atoms with Gasteiger partial charge in [0, 0.05) is 6.54 Å². The Labute approximate surface area is 89.9 Å². The number of hydrogen-bond acceptors (Lipinski definition) is 2. The molecule has 0 aliphatic heterocycles. The lowest BCUT2D eigenvalue weighted by Crippen LogP contribution is -2.34. The molecule has 0 aromatic heterocycles. The molecular formula is C12H28N2. The summed E-state index contributed by atoms with van der Waals surface area (Å²) in [6, 6.07) is 0. The second-order valence-electron chi connectivity index (χ2n) is 5.03. The van der Waals surface area contributed by atoms with Crippen molar-refractivity contribution in [3.8, 4) is 0 Å². The highest BCUT2D eigenvalue weighted by molar-refractivity contribution is 4.74. The van der Waals surface area contributed by atoms with E-state index in [-0.39, 0.29) is 0 Å². The first kappa shape index (κ1) is 13.9. The minimum absolute atomic E-state index is 0.415. The van der Waals surface area contributed by atoms with Crippen LogP contribution in [0, 0.1) is 11.3 Å². The summed E-state index contributed by atoms with van der Waals surface area (Å²) in [5.74, 6) is 0.740. The van der Waals surface area contributed by atoms with Crippen molar-refractivity contribution in [1.82, 2.24) is 10.6 Å². The SMILES string of the molecule is CCNCCCNCC(C)(C)C(C)C. The highest BCUT2D eigenvalue weighted by Crippen LogP contribution is 2.24. The van der Waals surface area contributed by atoms with E-state index in [1.807, 2.05) is 0 Å². The largest absolute Gasteiger partial charge is 0.317 e. The smallest absolute Gasteiger partial charge is 0.000497 e. The van der Waals surface area contributed by atoms with E-state index in [1.165, 1.54) is 6.42 Å². The zero-order valence-corrected chi connectivity index (χ0v) is 10.6. The predicted molar refractivity (Wildman–Crippen MR) is 64.6 cm³/mol. The van der Waals surface area contributed by atoms with Crippen LogP contribution in [-0.4, -0.2) is 26.2 Å². The van der Waals surface area contributed by atoms with Gasteiger partial charge in [0.15, 0.2) is 0 Å². The topological polar surface area (TPSA) is 24.1 Å². The van der Waals surface area contributed by atoms with Gasteiger partial charge in [-0.15, -0.1) is 0 Å². The van der Waals surface area contributed by atoms with Crippen LogP contribution in [0.25, 0.3) is 0 Å². The molecule has 0 fully saturated rings. The maximum atomic E-state index is 3.53. The summed E-state index contributed by atoms with van der Waals surface area (Å²) < 4.78 is 0. The van der Waals surface area contributed by atoms with E-state index in [1.54, 1.807) is 0 Å². The van der Waals surface area contributed by atoms with Crippen LogP contribution in [0.5, 0.6) is 0 Å². The van der Waals surface area contributed by atoms with Crippen LogP contribution in [0.2, 0.25) is 0 Å². The molecule has 0 aromatic carbocycles. The maximum Gasteiger partial charge on any atom is 0.000497 e. The van der Waals surface area contributed by atoms with Gasteiger partial charge >= 0.3 is 0 Å². The van der Waals surface area contributed by atoms with Crippen molar-refractivity contribution < 1.29 is 0 Å². The molecule has 0 aliphatic rings. The van der Waals surface area contributed by atoms with E-state index in [0.29, 0.717) is 5.41 Å². The molecule has 0 bridgehead atoms. The fourth-order valence-corrected chi connectivity index (χ4v) is 1.13. The summed E-state index contributed by atoms with van der Waals surface area (Å²) in [5.41, 5.74) is 0.415. The zero-order valence-electron chi connectivity index (χ0n) is 10.6. The lowest BCUT2D eigenvalue weighted by molar-refractivity contribution is 0.238. The summed E-state index contributed by atoms with van der Waals surface area (Å²) in [6.45, 7) is 15.9. The van der Waals surface area contributed by atoms with Gasteiger partial charge in [0.2, 0.25) is 0 Å². The summed E-state index contributed by atoms with van der Waals surface area (Å²) in [7, 11) is 0. The number of nitrogens with one attached hydrogen (secondary N) is 2. The van der Waals surface area contributed by atoms with Crippen molar-refractivity contribution in [2.45, 2.75) is 41.0 Å². The normalized spacial score (nSPS) is 12.4. The molecule has 0 heterocycles. The molecule has 0 radical (unpaired) electrons. The Hall–Kier alpha value is -0.0800. The molecule has 0 saturated carbocycles. The number of hydrogen-bond donors (Lipinski definition) is 2. The Morgan fingerprint density at radius 3 is 2.14 bits per heavy atom. The van der Waals surface area contributed by atoms with E-state index >= 15 is 0 Å². The van der Waals surface area contributed by atoms with Gasteiger partial charge in [0.25, 0.3) is 0 Å². The van der Waals surface area contributed by atoms with E-state index in [2.05, 4.69) is 45.3 Å². The third kappa shape index (κ3) is 6.39. The van der Waals surface area contributed by atoms with Crippen LogP contribution >= 0.6 is 0 Å². The molecule has 0 atom stereocenters. The Kier molecular flexibility index (Phi) is 7.20. The average Bonchev–Trinajstić information content (AvgIpc) is 2.10. The molecule has 0 amide bonds. The first-order chi connectivity index (χ1) is 6.50. The summed E-state index contributed by atoms with van der Waals surface area (Å²) in [4.78, 5) is 0. The Bertz CT molecular complexity index is 130. The molecule has 2 nitrogen and oxygen atoms in total. The van der Waals surface area contributed by atoms with Crippen LogP contribution in [0.1, 0.15) is 41.0 Å². The van der Waals surface area contributed by atoms with Crippen molar-refractivity contribution in [2.75, 3.05) is 26.2 Å². The zero-order chi connectivity index (χ0) is 11.0. The van der Waals surface area contributed by atoms with Gasteiger partial charge in [-0.25, -0.2) is 0 Å². The monoisotopic (exact) mass is 200 g/mol. The highest BCUT2D eigenvalue weighted by Gasteiger charge is 2.21. The highest BCUT2D eigenvalue weighted by atomic mass is 14.9. The molecular weight excluding hydrogens is 172 g/mol. The molecule has 2 N–H and O–H groups in total. The first-order valence-corrected chi connectivity index (χ1v) is 5.92. The standard InChI is InChI=1S/C12H28N2/c1-6-13-8-7-9-14-10-12(4,5)11(2)3/h11,13-14H,6-10H2,1-5H3. The van der Waals surface area contributed by atoms with Gasteiger partial charge in [-0.2, -0.15) is 0 Å². The van der Waals surface area contributed by atoms with Gasteiger partial charge < -0.3 is 10.6 Å². The lowest BCUT2D eigenvalue weighted by Gasteiger charge is -2.29. The molecule has 0 aromatic rings. The Balaban J connectivity index is 3.35. The summed E-state index contributed by atoms with van der Waals surface area (Å²) in [6.07, 6.45) is 1.22. The van der Waals surface area contributed by atoms with Gasteiger partial charge in [0.1, 0.15) is 0 Å². The minimum Gasteiger partial charge on any atom is -0.317 e. The maximum absolute atomic E-state index is 3.53. The van der Waals surface area contributed by atoms with E-state index in [9.17, 15) is 0 Å². The average molecular weight is 200 g/mol. The Morgan fingerprint density at radius 1 is 1.07 bits per heavy atom. The molecule has 86 valence electrons. The van der Waals surface area contributed by atoms with Crippen molar-refractivity contribution in [3.05, 3.63) is 0 Å². The van der Waals surface area contributed by atoms with Crippen molar-refractivity contribution in [2.24, 2.45) is 11.3 Å². The second kappa shape index (κ2) is 7.24. The quantitative estimate of drug-likeness (QED) is 0.587. The second-order valence-corrected chi connectivity index (χ2v) is 5.03. The fraction of sp³-hybridized carbons (Fsp3) is 1.00. The molecule has 0 unspecified atom stereocenters. The third-order valence-electron chi connectivity index (χ3n) is 3.10.